The van der Waals surface area contributed by atoms with E-state index in [4.69, 9.17) is 11.6 Å². The highest BCUT2D eigenvalue weighted by Gasteiger charge is 2.28. The van der Waals surface area contributed by atoms with Crippen LogP contribution in [0.1, 0.15) is 20.3 Å². The monoisotopic (exact) mass is 395 g/mol. The first-order valence-corrected chi connectivity index (χ1v) is 9.45. The Morgan fingerprint density at radius 3 is 2.48 bits per heavy atom. The van der Waals surface area contributed by atoms with Gasteiger partial charge in [0.2, 0.25) is 5.91 Å². The predicted molar refractivity (Wildman–Crippen MR) is 102 cm³/mol. The molecule has 0 spiro atoms. The van der Waals surface area contributed by atoms with Crippen molar-refractivity contribution < 1.29 is 17.2 Å². The molecule has 0 fully saturated rings. The number of anilines is 2. The van der Waals surface area contributed by atoms with Gasteiger partial charge in [-0.3, -0.25) is 9.69 Å². The van der Waals surface area contributed by atoms with Gasteiger partial charge in [-0.25, -0.2) is 0 Å². The van der Waals surface area contributed by atoms with Crippen LogP contribution in [0.25, 0.3) is 0 Å². The Labute approximate surface area is 164 Å². The molecule has 25 heavy (non-hydrogen) atoms. The number of hydrogen-bond donors (Lipinski definition) is 0. The molecule has 0 bridgehead atoms. The lowest BCUT2D eigenvalue weighted by Crippen LogP contribution is -3.00. The zero-order valence-electron chi connectivity index (χ0n) is 14.3. The molecule has 0 unspecified atom stereocenters. The number of nitrogens with zero attached hydrogens (tertiary/aromatic N) is 2. The Bertz CT molecular complexity index is 750. The quantitative estimate of drug-likeness (QED) is 0.775. The minimum absolute atomic E-state index is 0. The lowest BCUT2D eigenvalue weighted by atomic mass is 10.2. The summed E-state index contributed by atoms with van der Waals surface area (Å²) in [5.74, 6) is 0.109. The molecule has 1 heterocycles. The summed E-state index contributed by atoms with van der Waals surface area (Å²) in [4.78, 5) is 19.3. The van der Waals surface area contributed by atoms with Crippen LogP contribution in [0, 0.1) is 0 Å². The van der Waals surface area contributed by atoms with Crippen LogP contribution < -0.4 is 17.3 Å². The van der Waals surface area contributed by atoms with Gasteiger partial charge in [0.15, 0.2) is 0 Å². The van der Waals surface area contributed by atoms with E-state index >= 15 is 0 Å². The van der Waals surface area contributed by atoms with Crippen molar-refractivity contribution in [2.45, 2.75) is 30.1 Å². The first-order valence-electron chi connectivity index (χ1n) is 8.25. The fraction of sp³-hybridized carbons (Fsp3) is 0.316. The molecule has 0 radical (unpaired) electrons. The number of halogens is 2. The fourth-order valence-electron chi connectivity index (χ4n) is 2.90. The van der Waals surface area contributed by atoms with Crippen LogP contribution in [0.15, 0.2) is 52.3 Å². The summed E-state index contributed by atoms with van der Waals surface area (Å²) in [6, 6.07) is 13.8. The summed E-state index contributed by atoms with van der Waals surface area (Å²) in [5.41, 5.74) is 1.83. The number of para-hydroxylation sites is 1. The van der Waals surface area contributed by atoms with Crippen molar-refractivity contribution in [1.82, 2.24) is 4.90 Å². The van der Waals surface area contributed by atoms with Crippen LogP contribution in [0.4, 0.5) is 11.4 Å². The van der Waals surface area contributed by atoms with Crippen LogP contribution in [0.3, 0.4) is 0 Å². The normalized spacial score (nSPS) is 12.4. The molecule has 1 aliphatic heterocycles. The second-order valence-electron chi connectivity index (χ2n) is 5.69. The highest BCUT2D eigenvalue weighted by molar-refractivity contribution is 7.99. The maximum absolute atomic E-state index is 13.0. The minimum atomic E-state index is 0. The van der Waals surface area contributed by atoms with Gasteiger partial charge in [-0.2, -0.15) is 0 Å². The number of carbonyl (C=O) groups is 1. The van der Waals surface area contributed by atoms with Crippen molar-refractivity contribution in [2.75, 3.05) is 24.5 Å². The molecule has 0 saturated carbocycles. The first kappa shape index (κ1) is 20.1. The van der Waals surface area contributed by atoms with E-state index in [9.17, 15) is 4.79 Å². The molecule has 6 heteroatoms. The zero-order chi connectivity index (χ0) is 17.1. The zero-order valence-corrected chi connectivity index (χ0v) is 16.7. The van der Waals surface area contributed by atoms with Gasteiger partial charge in [-0.1, -0.05) is 49.3 Å². The SMILES string of the molecule is CCN(CC)CCC(=O)N1c2ccccc2Sc2ccc(Cl)cc21.[Cl-]. The smallest absolute Gasteiger partial charge is 0.232 e. The minimum Gasteiger partial charge on any atom is -1.00 e. The number of rotatable bonds is 5. The van der Waals surface area contributed by atoms with Crippen molar-refractivity contribution in [3.05, 3.63) is 47.5 Å². The van der Waals surface area contributed by atoms with Crippen molar-refractivity contribution in [3.63, 3.8) is 0 Å². The van der Waals surface area contributed by atoms with Crippen molar-refractivity contribution >= 4 is 40.6 Å². The second kappa shape index (κ2) is 8.95. The second-order valence-corrected chi connectivity index (χ2v) is 7.21. The van der Waals surface area contributed by atoms with Gasteiger partial charge in [-0.15, -0.1) is 0 Å². The van der Waals surface area contributed by atoms with Crippen LogP contribution in [0.5, 0.6) is 0 Å². The molecule has 134 valence electrons. The highest BCUT2D eigenvalue weighted by Crippen LogP contribution is 2.48. The Morgan fingerprint density at radius 1 is 1.08 bits per heavy atom. The number of fused-ring (bicyclic) bond motifs is 2. The van der Waals surface area contributed by atoms with E-state index in [1.54, 1.807) is 11.8 Å². The summed E-state index contributed by atoms with van der Waals surface area (Å²) in [6.45, 7) is 6.93. The van der Waals surface area contributed by atoms with Gasteiger partial charge in [0.05, 0.1) is 11.4 Å². The van der Waals surface area contributed by atoms with E-state index in [-0.39, 0.29) is 18.3 Å². The van der Waals surface area contributed by atoms with Crippen LogP contribution in [-0.2, 0) is 4.79 Å². The van der Waals surface area contributed by atoms with Gasteiger partial charge in [0, 0.05) is 27.8 Å². The Hall–Kier alpha value is -1.20. The molecule has 2 aromatic rings. The molecule has 3 rings (SSSR count). The molecule has 0 saturated heterocycles. The van der Waals surface area contributed by atoms with Gasteiger partial charge in [0.25, 0.3) is 0 Å². The van der Waals surface area contributed by atoms with Gasteiger partial charge in [0.1, 0.15) is 0 Å². The molecular weight excluding hydrogens is 375 g/mol. The van der Waals surface area contributed by atoms with Gasteiger partial charge in [-0.05, 0) is 43.4 Å². The third-order valence-corrected chi connectivity index (χ3v) is 5.64. The summed E-state index contributed by atoms with van der Waals surface area (Å²) >= 11 is 7.87. The number of carbonyl (C=O) groups excluding carboxylic acids is 1. The van der Waals surface area contributed by atoms with Crippen molar-refractivity contribution in [2.24, 2.45) is 0 Å². The van der Waals surface area contributed by atoms with Crippen molar-refractivity contribution in [1.29, 1.82) is 0 Å². The molecule has 0 atom stereocenters. The third kappa shape index (κ3) is 4.32. The Balaban J connectivity index is 0.00000225. The van der Waals surface area contributed by atoms with Crippen LogP contribution >= 0.6 is 23.4 Å². The number of hydrogen-bond acceptors (Lipinski definition) is 3. The summed E-state index contributed by atoms with van der Waals surface area (Å²) < 4.78 is 0. The summed E-state index contributed by atoms with van der Waals surface area (Å²) in [7, 11) is 0. The summed E-state index contributed by atoms with van der Waals surface area (Å²) in [5, 5.41) is 0.648. The molecule has 1 amide bonds. The predicted octanol–water partition coefficient (Wildman–Crippen LogP) is 2.21. The highest BCUT2D eigenvalue weighted by atomic mass is 35.5. The molecule has 0 N–H and O–H groups in total. The Kier molecular flexibility index (Phi) is 7.20. The average molecular weight is 396 g/mol. The Morgan fingerprint density at radius 2 is 1.76 bits per heavy atom. The first-order chi connectivity index (χ1) is 11.6. The molecular formula is C19H21Cl2N2OS-. The topological polar surface area (TPSA) is 23.6 Å². The third-order valence-electron chi connectivity index (χ3n) is 4.27. The maximum Gasteiger partial charge on any atom is 0.232 e. The summed E-state index contributed by atoms with van der Waals surface area (Å²) in [6.07, 6.45) is 0.493. The van der Waals surface area contributed by atoms with E-state index in [0.29, 0.717) is 11.4 Å². The van der Waals surface area contributed by atoms with Crippen LogP contribution in [-0.4, -0.2) is 30.4 Å². The molecule has 2 aromatic carbocycles. The van der Waals surface area contributed by atoms with Crippen LogP contribution in [0.2, 0.25) is 5.02 Å². The van der Waals surface area contributed by atoms with Gasteiger partial charge >= 0.3 is 0 Å². The average Bonchev–Trinajstić information content (AvgIpc) is 2.60. The molecule has 1 aliphatic rings. The maximum atomic E-state index is 13.0. The van der Waals surface area contributed by atoms with E-state index < -0.39 is 0 Å². The lowest BCUT2D eigenvalue weighted by molar-refractivity contribution is -0.118. The molecule has 3 nitrogen and oxygen atoms in total. The van der Waals surface area contributed by atoms with E-state index in [0.717, 1.165) is 40.8 Å². The van der Waals surface area contributed by atoms with E-state index in [1.807, 2.05) is 41.3 Å². The fourth-order valence-corrected chi connectivity index (χ4v) is 4.11. The number of amides is 1. The van der Waals surface area contributed by atoms with E-state index in [2.05, 4.69) is 24.8 Å². The van der Waals surface area contributed by atoms with Gasteiger partial charge < -0.3 is 17.3 Å². The number of benzene rings is 2. The largest absolute Gasteiger partial charge is 1.00 e. The van der Waals surface area contributed by atoms with E-state index in [1.165, 1.54) is 0 Å². The van der Waals surface area contributed by atoms with Crippen molar-refractivity contribution in [3.8, 4) is 0 Å². The molecule has 0 aliphatic carbocycles. The lowest BCUT2D eigenvalue weighted by Gasteiger charge is -2.31. The molecule has 0 aromatic heterocycles. The standard InChI is InChI=1S/C19H21ClN2OS.ClH/c1-3-21(4-2)12-11-19(23)22-15-7-5-6-8-17(15)24-18-10-9-14(20)13-16(18)22;/h5-10,13H,3-4,11-12H2,1-2H3;1H/p-1.